The van der Waals surface area contributed by atoms with Gasteiger partial charge in [-0.05, 0) is 6.07 Å². The minimum atomic E-state index is -1.19. The second-order valence-electron chi connectivity index (χ2n) is 4.66. The number of rotatable bonds is 2. The highest BCUT2D eigenvalue weighted by atomic mass is 16.6. The van der Waals surface area contributed by atoms with Crippen molar-refractivity contribution in [1.29, 1.82) is 0 Å². The van der Waals surface area contributed by atoms with Gasteiger partial charge in [-0.15, -0.1) is 0 Å². The summed E-state index contributed by atoms with van der Waals surface area (Å²) in [6, 6.07) is 1.67. The van der Waals surface area contributed by atoms with Crippen LogP contribution in [0.3, 0.4) is 0 Å². The average molecular weight is 281 g/mol. The van der Waals surface area contributed by atoms with Gasteiger partial charge in [0, 0.05) is 6.20 Å². The molecule has 0 saturated carbocycles. The number of aromatic nitrogens is 3. The molecule has 20 heavy (non-hydrogen) atoms. The van der Waals surface area contributed by atoms with Gasteiger partial charge in [0.05, 0.1) is 12.0 Å². The second-order valence-corrected chi connectivity index (χ2v) is 4.66. The van der Waals surface area contributed by atoms with Crippen LogP contribution in [0.5, 0.6) is 0 Å². The number of nitrogen functional groups attached to an aromatic ring is 2. The maximum Gasteiger partial charge on any atom is 0.223 e. The Balaban J connectivity index is 2.07. The van der Waals surface area contributed by atoms with Crippen molar-refractivity contribution in [2.75, 3.05) is 18.1 Å². The maximum absolute atomic E-state index is 10.0. The summed E-state index contributed by atoms with van der Waals surface area (Å²) in [5.41, 5.74) is 11.7. The number of nitrogens with zero attached hydrogens (tertiary/aromatic N) is 3. The van der Waals surface area contributed by atoms with Crippen LogP contribution in [-0.2, 0) is 4.74 Å². The van der Waals surface area contributed by atoms with Crippen LogP contribution in [0, 0.1) is 0 Å². The average Bonchev–Trinajstić information content (AvgIpc) is 2.93. The number of nitrogens with two attached hydrogens (primary N) is 2. The summed E-state index contributed by atoms with van der Waals surface area (Å²) < 4.78 is 6.95. The molecule has 0 radical (unpaired) electrons. The molecule has 2 aromatic rings. The molecule has 0 amide bonds. The molecular weight excluding hydrogens is 266 g/mol. The van der Waals surface area contributed by atoms with E-state index in [0.717, 1.165) is 0 Å². The van der Waals surface area contributed by atoms with Gasteiger partial charge >= 0.3 is 0 Å². The van der Waals surface area contributed by atoms with Gasteiger partial charge in [-0.25, -0.2) is 0 Å². The van der Waals surface area contributed by atoms with E-state index in [9.17, 15) is 10.2 Å². The fourth-order valence-corrected chi connectivity index (χ4v) is 2.39. The van der Waals surface area contributed by atoms with Crippen LogP contribution in [0.25, 0.3) is 11.0 Å². The van der Waals surface area contributed by atoms with Crippen molar-refractivity contribution >= 4 is 22.8 Å². The molecule has 1 fully saturated rings. The van der Waals surface area contributed by atoms with E-state index in [1.165, 1.54) is 4.57 Å². The topological polar surface area (TPSA) is 153 Å². The lowest BCUT2D eigenvalue weighted by molar-refractivity contribution is -0.0508. The molecule has 0 spiro atoms. The Morgan fingerprint density at radius 1 is 1.25 bits per heavy atom. The highest BCUT2D eigenvalue weighted by molar-refractivity contribution is 5.87. The van der Waals surface area contributed by atoms with E-state index in [1.807, 2.05) is 0 Å². The van der Waals surface area contributed by atoms with E-state index in [0.29, 0.717) is 11.0 Å². The van der Waals surface area contributed by atoms with Gasteiger partial charge in [0.1, 0.15) is 29.8 Å². The molecule has 9 heteroatoms. The molecule has 1 saturated heterocycles. The number of hydrogen-bond acceptors (Lipinski definition) is 8. The van der Waals surface area contributed by atoms with E-state index in [1.54, 1.807) is 12.3 Å². The predicted molar refractivity (Wildman–Crippen MR) is 69.4 cm³/mol. The molecule has 0 aromatic carbocycles. The van der Waals surface area contributed by atoms with Gasteiger partial charge in [-0.3, -0.25) is 0 Å². The van der Waals surface area contributed by atoms with Crippen molar-refractivity contribution < 1.29 is 20.1 Å². The highest BCUT2D eigenvalue weighted by Crippen LogP contribution is 2.32. The SMILES string of the molecule is Nc1nc(N)c2ccn([C@H]3O[C@H](CO)[C@@H](O)[C@H]3O)c2n1. The summed E-state index contributed by atoms with van der Waals surface area (Å²) in [7, 11) is 0. The van der Waals surface area contributed by atoms with Crippen molar-refractivity contribution in [2.24, 2.45) is 0 Å². The van der Waals surface area contributed by atoms with Gasteiger partial charge in [0.15, 0.2) is 6.23 Å². The summed E-state index contributed by atoms with van der Waals surface area (Å²) >= 11 is 0. The first-order chi connectivity index (χ1) is 9.52. The lowest BCUT2D eigenvalue weighted by atomic mass is 10.1. The molecule has 0 aliphatic carbocycles. The van der Waals surface area contributed by atoms with Crippen molar-refractivity contribution in [3.05, 3.63) is 12.3 Å². The van der Waals surface area contributed by atoms with E-state index in [-0.39, 0.29) is 11.8 Å². The van der Waals surface area contributed by atoms with Crippen molar-refractivity contribution in [2.45, 2.75) is 24.5 Å². The molecule has 9 nitrogen and oxygen atoms in total. The molecule has 1 aliphatic rings. The minimum Gasteiger partial charge on any atom is -0.394 e. The third-order valence-corrected chi connectivity index (χ3v) is 3.41. The maximum atomic E-state index is 10.0. The molecule has 7 N–H and O–H groups in total. The van der Waals surface area contributed by atoms with Crippen LogP contribution < -0.4 is 11.5 Å². The molecule has 4 atom stereocenters. The first-order valence-corrected chi connectivity index (χ1v) is 6.05. The number of ether oxygens (including phenoxy) is 1. The zero-order chi connectivity index (χ0) is 14.4. The van der Waals surface area contributed by atoms with E-state index < -0.39 is 31.1 Å². The molecule has 2 aromatic heterocycles. The summed E-state index contributed by atoms with van der Waals surface area (Å²) in [6.45, 7) is -0.396. The van der Waals surface area contributed by atoms with E-state index in [2.05, 4.69) is 9.97 Å². The van der Waals surface area contributed by atoms with Crippen LogP contribution in [0.4, 0.5) is 11.8 Å². The van der Waals surface area contributed by atoms with Crippen LogP contribution in [-0.4, -0.2) is 54.8 Å². The van der Waals surface area contributed by atoms with Gasteiger partial charge < -0.3 is 36.1 Å². The summed E-state index contributed by atoms with van der Waals surface area (Å²) in [5, 5.41) is 29.5. The molecule has 1 aliphatic heterocycles. The Kier molecular flexibility index (Phi) is 2.98. The fourth-order valence-electron chi connectivity index (χ4n) is 2.39. The molecule has 3 heterocycles. The lowest BCUT2D eigenvalue weighted by Gasteiger charge is -2.17. The third kappa shape index (κ3) is 1.79. The minimum absolute atomic E-state index is 0.00157. The second kappa shape index (κ2) is 4.56. The predicted octanol–water partition coefficient (Wildman–Crippen LogP) is -1.79. The smallest absolute Gasteiger partial charge is 0.223 e. The van der Waals surface area contributed by atoms with Gasteiger partial charge in [0.25, 0.3) is 0 Å². The third-order valence-electron chi connectivity index (χ3n) is 3.41. The summed E-state index contributed by atoms with van der Waals surface area (Å²) in [4.78, 5) is 7.91. The molecule has 108 valence electrons. The Labute approximate surface area is 113 Å². The monoisotopic (exact) mass is 281 g/mol. The van der Waals surface area contributed by atoms with Gasteiger partial charge in [-0.1, -0.05) is 0 Å². The molecular formula is C11H15N5O4. The van der Waals surface area contributed by atoms with Crippen LogP contribution >= 0.6 is 0 Å². The number of hydrogen-bond donors (Lipinski definition) is 5. The zero-order valence-corrected chi connectivity index (χ0v) is 10.4. The van der Waals surface area contributed by atoms with Crippen molar-refractivity contribution in [3.63, 3.8) is 0 Å². The van der Waals surface area contributed by atoms with Crippen LogP contribution in [0.2, 0.25) is 0 Å². The largest absolute Gasteiger partial charge is 0.394 e. The van der Waals surface area contributed by atoms with Gasteiger partial charge in [0.2, 0.25) is 5.95 Å². The number of aliphatic hydroxyl groups is 3. The first-order valence-electron chi connectivity index (χ1n) is 6.05. The number of anilines is 2. The van der Waals surface area contributed by atoms with Gasteiger partial charge in [-0.2, -0.15) is 9.97 Å². The van der Waals surface area contributed by atoms with E-state index in [4.69, 9.17) is 21.3 Å². The van der Waals surface area contributed by atoms with Crippen LogP contribution in [0.15, 0.2) is 12.3 Å². The molecule has 0 unspecified atom stereocenters. The Morgan fingerprint density at radius 3 is 2.65 bits per heavy atom. The van der Waals surface area contributed by atoms with Crippen molar-refractivity contribution in [3.8, 4) is 0 Å². The fraction of sp³-hybridized carbons (Fsp3) is 0.455. The quantitative estimate of drug-likeness (QED) is 0.432. The summed E-state index contributed by atoms with van der Waals surface area (Å²) in [6.07, 6.45) is -2.51. The Bertz CT molecular complexity index is 645. The standard InChI is InChI=1S/C11H15N5O4/c12-8-4-1-2-16(9(4)15-11(13)14-8)10-7(19)6(18)5(3-17)20-10/h1-2,5-7,10,17-19H,3H2,(H4,12,13,14,15)/t5-,6-,7-,10+/m1/s1. The highest BCUT2D eigenvalue weighted by Gasteiger charge is 2.43. The molecule has 0 bridgehead atoms. The Hall–Kier alpha value is -1.94. The lowest BCUT2D eigenvalue weighted by Crippen LogP contribution is -2.33. The zero-order valence-electron chi connectivity index (χ0n) is 10.4. The van der Waals surface area contributed by atoms with Crippen molar-refractivity contribution in [1.82, 2.24) is 14.5 Å². The molecule has 3 rings (SSSR count). The first kappa shape index (κ1) is 13.1. The normalized spacial score (nSPS) is 30.1. The summed E-state index contributed by atoms with van der Waals surface area (Å²) in [5.74, 6) is 0.222. The number of aliphatic hydroxyl groups excluding tert-OH is 3. The van der Waals surface area contributed by atoms with E-state index >= 15 is 0 Å². The van der Waals surface area contributed by atoms with Crippen LogP contribution in [0.1, 0.15) is 6.23 Å². The number of fused-ring (bicyclic) bond motifs is 1. The Morgan fingerprint density at radius 2 is 2.00 bits per heavy atom.